The standard InChI is InChI=1S/C18H19BrN2O5S/c1-11-10-15(12(2)26-11)18(3)16(22)21(17(23)20-18)8-9-27(24,25)14-6-4-13(19)5-7-14/h4-7,10H,8-9H2,1-3H3,(H,20,23). The highest BCUT2D eigenvalue weighted by Crippen LogP contribution is 2.32. The number of amides is 3. The lowest BCUT2D eigenvalue weighted by atomic mass is 9.92. The van der Waals surface area contributed by atoms with Crippen molar-refractivity contribution in [2.24, 2.45) is 0 Å². The van der Waals surface area contributed by atoms with Crippen LogP contribution in [0.15, 0.2) is 44.1 Å². The van der Waals surface area contributed by atoms with E-state index < -0.39 is 27.3 Å². The SMILES string of the molecule is Cc1cc(C2(C)NC(=O)N(CCS(=O)(=O)c3ccc(Br)cc3)C2=O)c(C)o1. The zero-order chi connectivity index (χ0) is 20.0. The molecule has 1 unspecified atom stereocenters. The highest BCUT2D eigenvalue weighted by Gasteiger charge is 2.50. The van der Waals surface area contributed by atoms with Crippen LogP contribution in [-0.4, -0.2) is 37.6 Å². The molecule has 1 atom stereocenters. The Hall–Kier alpha value is -2.13. The van der Waals surface area contributed by atoms with Crippen molar-refractivity contribution in [2.75, 3.05) is 12.3 Å². The second-order valence-electron chi connectivity index (χ2n) is 6.61. The first kappa shape index (κ1) is 19.6. The number of sulfone groups is 1. The van der Waals surface area contributed by atoms with Gasteiger partial charge in [-0.2, -0.15) is 0 Å². The zero-order valence-electron chi connectivity index (χ0n) is 15.1. The maximum atomic E-state index is 12.9. The first-order valence-corrected chi connectivity index (χ1v) is 10.7. The molecule has 0 saturated carbocycles. The van der Waals surface area contributed by atoms with Crippen LogP contribution < -0.4 is 5.32 Å². The Bertz CT molecular complexity index is 1010. The topological polar surface area (TPSA) is 96.7 Å². The smallest absolute Gasteiger partial charge is 0.325 e. The molecule has 27 heavy (non-hydrogen) atoms. The molecule has 0 aliphatic carbocycles. The number of carbonyl (C=O) groups excluding carboxylic acids is 2. The maximum Gasteiger partial charge on any atom is 0.325 e. The number of hydrogen-bond acceptors (Lipinski definition) is 5. The molecule has 9 heteroatoms. The minimum atomic E-state index is -3.63. The summed E-state index contributed by atoms with van der Waals surface area (Å²) < 4.78 is 31.2. The van der Waals surface area contributed by atoms with E-state index in [1.54, 1.807) is 39.0 Å². The molecule has 0 radical (unpaired) electrons. The van der Waals surface area contributed by atoms with Gasteiger partial charge in [0.1, 0.15) is 17.1 Å². The zero-order valence-corrected chi connectivity index (χ0v) is 17.5. The monoisotopic (exact) mass is 454 g/mol. The molecule has 7 nitrogen and oxygen atoms in total. The van der Waals surface area contributed by atoms with Gasteiger partial charge in [-0.1, -0.05) is 15.9 Å². The van der Waals surface area contributed by atoms with E-state index in [9.17, 15) is 18.0 Å². The van der Waals surface area contributed by atoms with E-state index >= 15 is 0 Å². The van der Waals surface area contributed by atoms with Crippen LogP contribution in [0.3, 0.4) is 0 Å². The van der Waals surface area contributed by atoms with E-state index in [0.29, 0.717) is 17.1 Å². The first-order valence-electron chi connectivity index (χ1n) is 8.24. The molecule has 2 heterocycles. The summed E-state index contributed by atoms with van der Waals surface area (Å²) in [6.07, 6.45) is 0. The molecule has 1 N–H and O–H groups in total. The quantitative estimate of drug-likeness (QED) is 0.700. The summed E-state index contributed by atoms with van der Waals surface area (Å²) in [5, 5.41) is 2.66. The number of imide groups is 1. The lowest BCUT2D eigenvalue weighted by Crippen LogP contribution is -2.41. The van der Waals surface area contributed by atoms with Gasteiger partial charge in [-0.3, -0.25) is 9.69 Å². The molecule has 1 saturated heterocycles. The Balaban J connectivity index is 1.80. The Morgan fingerprint density at radius 2 is 1.81 bits per heavy atom. The fourth-order valence-electron chi connectivity index (χ4n) is 3.18. The molecule has 3 rings (SSSR count). The molecule has 0 bridgehead atoms. The average molecular weight is 455 g/mol. The second kappa shape index (κ2) is 6.79. The summed E-state index contributed by atoms with van der Waals surface area (Å²) in [6, 6.07) is 7.30. The van der Waals surface area contributed by atoms with Gasteiger partial charge in [0.2, 0.25) is 0 Å². The number of rotatable bonds is 5. The lowest BCUT2D eigenvalue weighted by Gasteiger charge is -2.21. The predicted octanol–water partition coefficient (Wildman–Crippen LogP) is 2.90. The highest BCUT2D eigenvalue weighted by molar-refractivity contribution is 9.10. The molecule has 3 amide bonds. The minimum Gasteiger partial charge on any atom is -0.466 e. The van der Waals surface area contributed by atoms with Gasteiger partial charge in [-0.25, -0.2) is 13.2 Å². The third kappa shape index (κ3) is 3.53. The van der Waals surface area contributed by atoms with Crippen LogP contribution >= 0.6 is 15.9 Å². The Labute approximate surface area is 165 Å². The van der Waals surface area contributed by atoms with Crippen molar-refractivity contribution < 1.29 is 22.4 Å². The van der Waals surface area contributed by atoms with Crippen molar-refractivity contribution >= 4 is 37.7 Å². The average Bonchev–Trinajstić information content (AvgIpc) is 3.03. The summed E-state index contributed by atoms with van der Waals surface area (Å²) in [7, 11) is -3.63. The van der Waals surface area contributed by atoms with E-state index in [4.69, 9.17) is 4.42 Å². The summed E-state index contributed by atoms with van der Waals surface area (Å²) >= 11 is 3.25. The molecule has 1 aliphatic heterocycles. The molecule has 144 valence electrons. The van der Waals surface area contributed by atoms with E-state index in [2.05, 4.69) is 21.2 Å². The van der Waals surface area contributed by atoms with Gasteiger partial charge >= 0.3 is 6.03 Å². The van der Waals surface area contributed by atoms with E-state index in [0.717, 1.165) is 9.37 Å². The molecule has 1 aromatic carbocycles. The lowest BCUT2D eigenvalue weighted by molar-refractivity contribution is -0.130. The van der Waals surface area contributed by atoms with Gasteiger partial charge in [0.25, 0.3) is 5.91 Å². The van der Waals surface area contributed by atoms with Crippen molar-refractivity contribution in [1.82, 2.24) is 10.2 Å². The largest absolute Gasteiger partial charge is 0.466 e. The first-order chi connectivity index (χ1) is 12.5. The maximum absolute atomic E-state index is 12.9. The van der Waals surface area contributed by atoms with Gasteiger partial charge in [0.15, 0.2) is 9.84 Å². The fraction of sp³-hybridized carbons (Fsp3) is 0.333. The van der Waals surface area contributed by atoms with Crippen LogP contribution in [0.5, 0.6) is 0 Å². The second-order valence-corrected chi connectivity index (χ2v) is 9.64. The van der Waals surface area contributed by atoms with Gasteiger partial charge in [-0.05, 0) is 51.1 Å². The van der Waals surface area contributed by atoms with Crippen LogP contribution in [0.1, 0.15) is 24.0 Å². The number of halogens is 1. The Morgan fingerprint density at radius 3 is 2.37 bits per heavy atom. The van der Waals surface area contributed by atoms with E-state index in [-0.39, 0.29) is 17.2 Å². The van der Waals surface area contributed by atoms with Crippen LogP contribution in [0, 0.1) is 13.8 Å². The third-order valence-electron chi connectivity index (χ3n) is 4.61. The Kier molecular flexibility index (Phi) is 4.94. The number of nitrogens with zero attached hydrogens (tertiary/aromatic N) is 1. The number of nitrogens with one attached hydrogen (secondary N) is 1. The van der Waals surface area contributed by atoms with Gasteiger partial charge in [-0.15, -0.1) is 0 Å². The van der Waals surface area contributed by atoms with Crippen molar-refractivity contribution in [3.05, 3.63) is 51.9 Å². The molecular weight excluding hydrogens is 436 g/mol. The van der Waals surface area contributed by atoms with Crippen molar-refractivity contribution in [2.45, 2.75) is 31.2 Å². The minimum absolute atomic E-state index is 0.141. The number of benzene rings is 1. The van der Waals surface area contributed by atoms with Crippen molar-refractivity contribution in [1.29, 1.82) is 0 Å². The molecule has 2 aromatic rings. The summed E-state index contributed by atoms with van der Waals surface area (Å²) in [5.74, 6) is 0.310. The number of urea groups is 1. The molecular formula is C18H19BrN2O5S. The van der Waals surface area contributed by atoms with Gasteiger partial charge in [0, 0.05) is 16.6 Å². The number of hydrogen-bond donors (Lipinski definition) is 1. The number of aryl methyl sites for hydroxylation is 2. The van der Waals surface area contributed by atoms with E-state index in [1.165, 1.54) is 12.1 Å². The molecule has 0 spiro atoms. The van der Waals surface area contributed by atoms with Crippen LogP contribution in [0.25, 0.3) is 0 Å². The van der Waals surface area contributed by atoms with Gasteiger partial charge in [0.05, 0.1) is 10.6 Å². The van der Waals surface area contributed by atoms with Crippen LogP contribution in [0.4, 0.5) is 4.79 Å². The van der Waals surface area contributed by atoms with Crippen LogP contribution in [0.2, 0.25) is 0 Å². The Morgan fingerprint density at radius 1 is 1.19 bits per heavy atom. The fourth-order valence-corrected chi connectivity index (χ4v) is 4.65. The van der Waals surface area contributed by atoms with Crippen molar-refractivity contribution in [3.8, 4) is 0 Å². The number of carbonyl (C=O) groups is 2. The third-order valence-corrected chi connectivity index (χ3v) is 6.85. The van der Waals surface area contributed by atoms with E-state index in [1.807, 2.05) is 0 Å². The predicted molar refractivity (Wildman–Crippen MR) is 102 cm³/mol. The summed E-state index contributed by atoms with van der Waals surface area (Å²) in [4.78, 5) is 26.3. The van der Waals surface area contributed by atoms with Crippen molar-refractivity contribution in [3.63, 3.8) is 0 Å². The molecule has 1 fully saturated rings. The highest BCUT2D eigenvalue weighted by atomic mass is 79.9. The number of furan rings is 1. The molecule has 1 aliphatic rings. The normalized spacial score (nSPS) is 20.2. The summed E-state index contributed by atoms with van der Waals surface area (Å²) in [5.41, 5.74) is -0.711. The van der Waals surface area contributed by atoms with Gasteiger partial charge < -0.3 is 9.73 Å². The molecule has 1 aromatic heterocycles. The van der Waals surface area contributed by atoms with Crippen LogP contribution in [-0.2, 0) is 20.2 Å². The summed E-state index contributed by atoms with van der Waals surface area (Å²) in [6.45, 7) is 4.83.